The van der Waals surface area contributed by atoms with Gasteiger partial charge in [0.25, 0.3) is 0 Å². The third-order valence-corrected chi connectivity index (χ3v) is 2.42. The molecule has 0 atom stereocenters. The van der Waals surface area contributed by atoms with Crippen molar-refractivity contribution >= 4 is 5.82 Å². The highest BCUT2D eigenvalue weighted by atomic mass is 16.5. The predicted octanol–water partition coefficient (Wildman–Crippen LogP) is 0.778. The maximum absolute atomic E-state index is 5.52. The van der Waals surface area contributed by atoms with E-state index in [2.05, 4.69) is 28.7 Å². The van der Waals surface area contributed by atoms with E-state index in [0.29, 0.717) is 18.4 Å². The van der Waals surface area contributed by atoms with Crippen molar-refractivity contribution in [2.45, 2.75) is 19.4 Å². The lowest BCUT2D eigenvalue weighted by molar-refractivity contribution is 0.108. The van der Waals surface area contributed by atoms with Gasteiger partial charge in [-0.15, -0.1) is 0 Å². The van der Waals surface area contributed by atoms with Crippen LogP contribution in [0.1, 0.15) is 13.8 Å². The van der Waals surface area contributed by atoms with Gasteiger partial charge < -0.3 is 15.4 Å². The maximum atomic E-state index is 5.52. The largest absolute Gasteiger partial charge is 0.461 e. The Kier molecular flexibility index (Phi) is 3.47. The second-order valence-corrected chi connectivity index (χ2v) is 4.26. The molecule has 0 aliphatic heterocycles. The van der Waals surface area contributed by atoms with Gasteiger partial charge in [-0.3, -0.25) is 0 Å². The van der Waals surface area contributed by atoms with Crippen LogP contribution >= 0.6 is 0 Å². The van der Waals surface area contributed by atoms with Crippen LogP contribution in [0.4, 0.5) is 5.82 Å². The fourth-order valence-electron chi connectivity index (χ4n) is 0.794. The summed E-state index contributed by atoms with van der Waals surface area (Å²) in [6, 6.07) is 1.95. The van der Waals surface area contributed by atoms with E-state index >= 15 is 0 Å². The van der Waals surface area contributed by atoms with E-state index in [1.165, 1.54) is 0 Å². The van der Waals surface area contributed by atoms with Crippen LogP contribution in [-0.2, 0) is 0 Å². The van der Waals surface area contributed by atoms with Crippen LogP contribution in [0.15, 0.2) is 12.3 Å². The van der Waals surface area contributed by atoms with Crippen molar-refractivity contribution in [1.82, 2.24) is 14.9 Å². The molecule has 0 aromatic carbocycles. The molecule has 1 aromatic heterocycles. The van der Waals surface area contributed by atoms with Crippen LogP contribution in [0.2, 0.25) is 0 Å². The molecule has 0 bridgehead atoms. The Labute approximate surface area is 90.3 Å². The van der Waals surface area contributed by atoms with Gasteiger partial charge in [0.2, 0.25) is 0 Å². The lowest BCUT2D eigenvalue weighted by Gasteiger charge is -2.31. The number of rotatable bonds is 4. The Morgan fingerprint density at radius 3 is 2.67 bits per heavy atom. The molecule has 0 saturated carbocycles. The zero-order valence-electron chi connectivity index (χ0n) is 9.69. The van der Waals surface area contributed by atoms with E-state index in [1.807, 2.05) is 14.1 Å². The SMILES string of the molecule is CN(C)C(C)(C)COc1nccc(N)n1. The molecule has 84 valence electrons. The van der Waals surface area contributed by atoms with Crippen molar-refractivity contribution in [3.8, 4) is 6.01 Å². The fraction of sp³-hybridized carbons (Fsp3) is 0.600. The number of ether oxygens (including phenoxy) is 1. The zero-order valence-corrected chi connectivity index (χ0v) is 9.69. The molecule has 1 rings (SSSR count). The minimum atomic E-state index is -0.0615. The fourth-order valence-corrected chi connectivity index (χ4v) is 0.794. The molecule has 1 aromatic rings. The van der Waals surface area contributed by atoms with E-state index in [9.17, 15) is 0 Å². The van der Waals surface area contributed by atoms with E-state index in [0.717, 1.165) is 0 Å². The molecular weight excluding hydrogens is 192 g/mol. The Bertz CT molecular complexity index is 325. The lowest BCUT2D eigenvalue weighted by atomic mass is 10.1. The Balaban J connectivity index is 2.57. The first-order valence-corrected chi connectivity index (χ1v) is 4.80. The number of aromatic nitrogens is 2. The summed E-state index contributed by atoms with van der Waals surface area (Å²) in [6.45, 7) is 4.68. The molecule has 5 nitrogen and oxygen atoms in total. The lowest BCUT2D eigenvalue weighted by Crippen LogP contribution is -2.43. The molecule has 0 saturated heterocycles. The average molecular weight is 210 g/mol. The molecule has 0 fully saturated rings. The summed E-state index contributed by atoms with van der Waals surface area (Å²) in [5.74, 6) is 0.419. The highest BCUT2D eigenvalue weighted by Gasteiger charge is 2.21. The first kappa shape index (κ1) is 11.7. The highest BCUT2D eigenvalue weighted by Crippen LogP contribution is 2.12. The van der Waals surface area contributed by atoms with Crippen LogP contribution < -0.4 is 10.5 Å². The molecule has 0 aliphatic carbocycles. The van der Waals surface area contributed by atoms with Crippen molar-refractivity contribution in [2.75, 3.05) is 26.4 Å². The summed E-state index contributed by atoms with van der Waals surface area (Å²) in [7, 11) is 4.01. The van der Waals surface area contributed by atoms with Crippen LogP contribution in [0.5, 0.6) is 6.01 Å². The quantitative estimate of drug-likeness (QED) is 0.795. The molecule has 15 heavy (non-hydrogen) atoms. The van der Waals surface area contributed by atoms with Crippen LogP contribution in [0, 0.1) is 0 Å². The van der Waals surface area contributed by atoms with Crippen molar-refractivity contribution in [1.29, 1.82) is 0 Å². The maximum Gasteiger partial charge on any atom is 0.318 e. The smallest absolute Gasteiger partial charge is 0.318 e. The number of nitrogens with two attached hydrogens (primary N) is 1. The molecule has 0 amide bonds. The van der Waals surface area contributed by atoms with Crippen molar-refractivity contribution in [3.63, 3.8) is 0 Å². The van der Waals surface area contributed by atoms with Crippen LogP contribution in [0.25, 0.3) is 0 Å². The molecule has 0 aliphatic rings. The zero-order chi connectivity index (χ0) is 11.5. The normalized spacial score (nSPS) is 11.8. The predicted molar refractivity (Wildman–Crippen MR) is 59.7 cm³/mol. The van der Waals surface area contributed by atoms with E-state index in [1.54, 1.807) is 12.3 Å². The van der Waals surface area contributed by atoms with Gasteiger partial charge >= 0.3 is 6.01 Å². The number of nitrogen functional groups attached to an aromatic ring is 1. The first-order valence-electron chi connectivity index (χ1n) is 4.80. The summed E-state index contributed by atoms with van der Waals surface area (Å²) >= 11 is 0. The third kappa shape index (κ3) is 3.36. The van der Waals surface area contributed by atoms with Gasteiger partial charge in [-0.1, -0.05) is 0 Å². The van der Waals surface area contributed by atoms with Crippen LogP contribution in [-0.4, -0.2) is 41.1 Å². The number of hydrogen-bond donors (Lipinski definition) is 1. The highest BCUT2D eigenvalue weighted by molar-refractivity contribution is 5.26. The Hall–Kier alpha value is -1.36. The summed E-state index contributed by atoms with van der Waals surface area (Å²) in [5, 5.41) is 0. The molecule has 5 heteroatoms. The van der Waals surface area contributed by atoms with Gasteiger partial charge in [0, 0.05) is 11.7 Å². The van der Waals surface area contributed by atoms with Crippen molar-refractivity contribution in [3.05, 3.63) is 12.3 Å². The first-order chi connectivity index (χ1) is 6.92. The summed E-state index contributed by atoms with van der Waals surface area (Å²) in [5.41, 5.74) is 5.45. The topological polar surface area (TPSA) is 64.3 Å². The van der Waals surface area contributed by atoms with E-state index in [-0.39, 0.29) is 5.54 Å². The summed E-state index contributed by atoms with van der Waals surface area (Å²) < 4.78 is 5.47. The molecule has 2 N–H and O–H groups in total. The van der Waals surface area contributed by atoms with Crippen LogP contribution in [0.3, 0.4) is 0 Å². The van der Waals surface area contributed by atoms with Gasteiger partial charge in [0.05, 0.1) is 0 Å². The number of anilines is 1. The monoisotopic (exact) mass is 210 g/mol. The Morgan fingerprint density at radius 2 is 2.13 bits per heavy atom. The van der Waals surface area contributed by atoms with Gasteiger partial charge in [0.15, 0.2) is 0 Å². The van der Waals surface area contributed by atoms with Crippen molar-refractivity contribution in [2.24, 2.45) is 0 Å². The van der Waals surface area contributed by atoms with Gasteiger partial charge in [-0.2, -0.15) is 4.98 Å². The number of hydrogen-bond acceptors (Lipinski definition) is 5. The second kappa shape index (κ2) is 4.44. The van der Waals surface area contributed by atoms with Crippen molar-refractivity contribution < 1.29 is 4.74 Å². The Morgan fingerprint density at radius 1 is 1.47 bits per heavy atom. The number of nitrogens with zero attached hydrogens (tertiary/aromatic N) is 3. The average Bonchev–Trinajstić information content (AvgIpc) is 2.15. The molecule has 1 heterocycles. The number of likely N-dealkylation sites (N-methyl/N-ethyl adjacent to an activating group) is 1. The third-order valence-electron chi connectivity index (χ3n) is 2.42. The molecule has 0 spiro atoms. The minimum absolute atomic E-state index is 0.0615. The van der Waals surface area contributed by atoms with E-state index in [4.69, 9.17) is 10.5 Å². The second-order valence-electron chi connectivity index (χ2n) is 4.26. The van der Waals surface area contributed by atoms with E-state index < -0.39 is 0 Å². The molecule has 0 unspecified atom stereocenters. The standard InChI is InChI=1S/C10H18N4O/c1-10(2,14(3)4)7-15-9-12-6-5-8(11)13-9/h5-6H,7H2,1-4H3,(H2,11,12,13). The van der Waals surface area contributed by atoms with Gasteiger partial charge in [0.1, 0.15) is 12.4 Å². The summed E-state index contributed by atoms with van der Waals surface area (Å²) in [6.07, 6.45) is 1.58. The minimum Gasteiger partial charge on any atom is -0.461 e. The van der Waals surface area contributed by atoms with Gasteiger partial charge in [-0.05, 0) is 34.0 Å². The summed E-state index contributed by atoms with van der Waals surface area (Å²) in [4.78, 5) is 10.0. The molecular formula is C10H18N4O. The molecule has 0 radical (unpaired) electrons. The van der Waals surface area contributed by atoms with Gasteiger partial charge in [-0.25, -0.2) is 4.98 Å².